The standard InChI is InChI=1S/C22H33N3O2/c1-22(2,3)13-20(26)23-17-8-11-19(24(4)5)16(12-17)14-25(18-9-10-18)21(27)15-6-7-15/h8,11-12,15,18H,6-7,9-10,13-14H2,1-5H3,(H,23,26). The molecule has 0 bridgehead atoms. The molecule has 148 valence electrons. The van der Waals surface area contributed by atoms with E-state index in [1.54, 1.807) is 0 Å². The predicted molar refractivity (Wildman–Crippen MR) is 110 cm³/mol. The first kappa shape index (κ1) is 19.7. The summed E-state index contributed by atoms with van der Waals surface area (Å²) in [5.74, 6) is 0.576. The molecule has 0 unspecified atom stereocenters. The summed E-state index contributed by atoms with van der Waals surface area (Å²) in [6.07, 6.45) is 4.76. The number of hydrogen-bond acceptors (Lipinski definition) is 3. The Bertz CT molecular complexity index is 713. The van der Waals surface area contributed by atoms with Crippen molar-refractivity contribution in [1.82, 2.24) is 4.90 Å². The highest BCUT2D eigenvalue weighted by Crippen LogP contribution is 2.38. The van der Waals surface area contributed by atoms with Crippen LogP contribution in [0.25, 0.3) is 0 Å². The van der Waals surface area contributed by atoms with E-state index in [1.807, 2.05) is 32.3 Å². The van der Waals surface area contributed by atoms with E-state index in [9.17, 15) is 9.59 Å². The quantitative estimate of drug-likeness (QED) is 0.787. The van der Waals surface area contributed by atoms with Crippen molar-refractivity contribution in [2.75, 3.05) is 24.3 Å². The van der Waals surface area contributed by atoms with Gasteiger partial charge in [0.25, 0.3) is 0 Å². The third-order valence-electron chi connectivity index (χ3n) is 5.07. The molecule has 1 aromatic rings. The first-order chi connectivity index (χ1) is 12.6. The Labute approximate surface area is 163 Å². The van der Waals surface area contributed by atoms with Crippen molar-refractivity contribution in [3.8, 4) is 0 Å². The molecule has 5 nitrogen and oxygen atoms in total. The predicted octanol–water partition coefficient (Wildman–Crippen LogP) is 4.03. The van der Waals surface area contributed by atoms with Gasteiger partial charge in [-0.1, -0.05) is 20.8 Å². The van der Waals surface area contributed by atoms with E-state index in [1.165, 1.54) is 0 Å². The summed E-state index contributed by atoms with van der Waals surface area (Å²) in [5.41, 5.74) is 2.95. The minimum absolute atomic E-state index is 0.0270. The Morgan fingerprint density at radius 1 is 1.11 bits per heavy atom. The second kappa shape index (κ2) is 7.53. The summed E-state index contributed by atoms with van der Waals surface area (Å²) < 4.78 is 0. The van der Waals surface area contributed by atoms with E-state index in [-0.39, 0.29) is 17.2 Å². The zero-order chi connectivity index (χ0) is 19.8. The van der Waals surface area contributed by atoms with Crippen molar-refractivity contribution in [3.05, 3.63) is 23.8 Å². The summed E-state index contributed by atoms with van der Waals surface area (Å²) in [5, 5.41) is 3.03. The number of nitrogens with zero attached hydrogens (tertiary/aromatic N) is 2. The topological polar surface area (TPSA) is 52.7 Å². The number of amides is 2. The monoisotopic (exact) mass is 371 g/mol. The SMILES string of the molecule is CN(C)c1ccc(NC(=O)CC(C)(C)C)cc1CN(C(=O)C1CC1)C1CC1. The maximum Gasteiger partial charge on any atom is 0.226 e. The van der Waals surface area contributed by atoms with Crippen molar-refractivity contribution in [2.45, 2.75) is 65.5 Å². The van der Waals surface area contributed by atoms with Gasteiger partial charge in [0.1, 0.15) is 0 Å². The van der Waals surface area contributed by atoms with Gasteiger partial charge in [0.15, 0.2) is 0 Å². The molecule has 27 heavy (non-hydrogen) atoms. The lowest BCUT2D eigenvalue weighted by Gasteiger charge is -2.26. The van der Waals surface area contributed by atoms with E-state index in [4.69, 9.17) is 0 Å². The van der Waals surface area contributed by atoms with Gasteiger partial charge >= 0.3 is 0 Å². The largest absolute Gasteiger partial charge is 0.377 e. The van der Waals surface area contributed by atoms with Gasteiger partial charge in [-0.2, -0.15) is 0 Å². The summed E-state index contributed by atoms with van der Waals surface area (Å²) >= 11 is 0. The van der Waals surface area contributed by atoms with Crippen molar-refractivity contribution >= 4 is 23.2 Å². The van der Waals surface area contributed by atoms with E-state index < -0.39 is 0 Å². The molecule has 2 fully saturated rings. The van der Waals surface area contributed by atoms with E-state index >= 15 is 0 Å². The zero-order valence-corrected chi connectivity index (χ0v) is 17.3. The Morgan fingerprint density at radius 2 is 1.78 bits per heavy atom. The molecule has 0 spiro atoms. The van der Waals surface area contributed by atoms with Crippen molar-refractivity contribution in [1.29, 1.82) is 0 Å². The second-order valence-corrected chi connectivity index (χ2v) is 9.50. The molecule has 2 aliphatic carbocycles. The maximum atomic E-state index is 12.7. The van der Waals surface area contributed by atoms with Gasteiger partial charge in [-0.3, -0.25) is 9.59 Å². The fourth-order valence-electron chi connectivity index (χ4n) is 3.43. The Hall–Kier alpha value is -2.04. The fourth-order valence-corrected chi connectivity index (χ4v) is 3.43. The molecule has 0 aromatic heterocycles. The van der Waals surface area contributed by atoms with Crippen LogP contribution < -0.4 is 10.2 Å². The Balaban J connectivity index is 1.79. The van der Waals surface area contributed by atoms with Crippen LogP contribution in [0, 0.1) is 11.3 Å². The van der Waals surface area contributed by atoms with Crippen LogP contribution in [0.2, 0.25) is 0 Å². The fraction of sp³-hybridized carbons (Fsp3) is 0.636. The lowest BCUT2D eigenvalue weighted by atomic mass is 9.92. The van der Waals surface area contributed by atoms with E-state index in [2.05, 4.69) is 35.9 Å². The first-order valence-electron chi connectivity index (χ1n) is 10.0. The third-order valence-corrected chi connectivity index (χ3v) is 5.07. The molecule has 0 aliphatic heterocycles. The third kappa shape index (κ3) is 5.47. The molecule has 5 heteroatoms. The molecule has 0 radical (unpaired) electrons. The highest BCUT2D eigenvalue weighted by atomic mass is 16.2. The van der Waals surface area contributed by atoms with Crippen LogP contribution >= 0.6 is 0 Å². The van der Waals surface area contributed by atoms with E-state index in [0.717, 1.165) is 42.6 Å². The van der Waals surface area contributed by atoms with Crippen molar-refractivity contribution in [3.63, 3.8) is 0 Å². The number of carbonyl (C=O) groups excluding carboxylic acids is 2. The molecular weight excluding hydrogens is 338 g/mol. The minimum atomic E-state index is -0.0457. The van der Waals surface area contributed by atoms with Crippen LogP contribution in [0.3, 0.4) is 0 Å². The summed E-state index contributed by atoms with van der Waals surface area (Å²) in [4.78, 5) is 29.2. The van der Waals surface area contributed by atoms with Crippen LogP contribution in [0.1, 0.15) is 58.4 Å². The number of nitrogens with one attached hydrogen (secondary N) is 1. The van der Waals surface area contributed by atoms with Gasteiger partial charge in [-0.05, 0) is 54.9 Å². The van der Waals surface area contributed by atoms with Crippen LogP contribution in [-0.4, -0.2) is 36.9 Å². The smallest absolute Gasteiger partial charge is 0.226 e. The molecule has 1 N–H and O–H groups in total. The number of rotatable bonds is 7. The summed E-state index contributed by atoms with van der Waals surface area (Å²) in [6, 6.07) is 6.41. The van der Waals surface area contributed by atoms with Crippen LogP contribution in [-0.2, 0) is 16.1 Å². The Morgan fingerprint density at radius 3 is 2.30 bits per heavy atom. The molecule has 0 saturated heterocycles. The maximum absolute atomic E-state index is 12.7. The van der Waals surface area contributed by atoms with Crippen LogP contribution in [0.15, 0.2) is 18.2 Å². The number of benzene rings is 1. The van der Waals surface area contributed by atoms with Gasteiger partial charge < -0.3 is 15.1 Å². The van der Waals surface area contributed by atoms with Gasteiger partial charge in [0.05, 0.1) is 0 Å². The number of hydrogen-bond donors (Lipinski definition) is 1. The molecule has 0 heterocycles. The van der Waals surface area contributed by atoms with Gasteiger partial charge in [0, 0.05) is 50.4 Å². The van der Waals surface area contributed by atoms with Crippen LogP contribution in [0.4, 0.5) is 11.4 Å². The van der Waals surface area contributed by atoms with Gasteiger partial charge in [-0.25, -0.2) is 0 Å². The second-order valence-electron chi connectivity index (χ2n) is 9.50. The average molecular weight is 372 g/mol. The molecule has 0 atom stereocenters. The van der Waals surface area contributed by atoms with Gasteiger partial charge in [-0.15, -0.1) is 0 Å². The van der Waals surface area contributed by atoms with Gasteiger partial charge in [0.2, 0.25) is 11.8 Å². The molecule has 2 amide bonds. The minimum Gasteiger partial charge on any atom is -0.377 e. The Kier molecular flexibility index (Phi) is 5.50. The molecular formula is C22H33N3O2. The lowest BCUT2D eigenvalue weighted by Crippen LogP contribution is -2.34. The average Bonchev–Trinajstić information content (AvgIpc) is 3.43. The molecule has 3 rings (SSSR count). The highest BCUT2D eigenvalue weighted by Gasteiger charge is 2.40. The summed E-state index contributed by atoms with van der Waals surface area (Å²) in [7, 11) is 4.03. The molecule has 2 aliphatic rings. The number of anilines is 2. The van der Waals surface area contributed by atoms with Crippen molar-refractivity contribution < 1.29 is 9.59 Å². The molecule has 2 saturated carbocycles. The van der Waals surface area contributed by atoms with Crippen LogP contribution in [0.5, 0.6) is 0 Å². The van der Waals surface area contributed by atoms with E-state index in [0.29, 0.717) is 24.9 Å². The lowest BCUT2D eigenvalue weighted by molar-refractivity contribution is -0.133. The van der Waals surface area contributed by atoms with Crippen molar-refractivity contribution in [2.24, 2.45) is 11.3 Å². The normalized spacial score (nSPS) is 16.8. The number of carbonyl (C=O) groups is 2. The zero-order valence-electron chi connectivity index (χ0n) is 17.3. The highest BCUT2D eigenvalue weighted by molar-refractivity contribution is 5.91. The molecule has 1 aromatic carbocycles. The first-order valence-corrected chi connectivity index (χ1v) is 10.0. The summed E-state index contributed by atoms with van der Waals surface area (Å²) in [6.45, 7) is 6.80.